The van der Waals surface area contributed by atoms with E-state index in [1.807, 2.05) is 0 Å². The van der Waals surface area contributed by atoms with E-state index in [0.29, 0.717) is 6.08 Å². The maximum absolute atomic E-state index is 11.0. The smallest absolute Gasteiger partial charge is 0.371 e. The highest BCUT2D eigenvalue weighted by Crippen LogP contribution is 2.03. The van der Waals surface area contributed by atoms with Crippen LogP contribution in [-0.2, 0) is 4.79 Å². The van der Waals surface area contributed by atoms with Gasteiger partial charge in [0.25, 0.3) is 0 Å². The molecular weight excluding hydrogens is 176 g/mol. The summed E-state index contributed by atoms with van der Waals surface area (Å²) < 4.78 is 4.68. The molecule has 0 unspecified atom stereocenters. The van der Waals surface area contributed by atoms with E-state index < -0.39 is 17.5 Å². The second kappa shape index (κ2) is 3.57. The van der Waals surface area contributed by atoms with Crippen molar-refractivity contribution in [2.24, 2.45) is 0 Å². The fourth-order valence-electron chi connectivity index (χ4n) is 0.676. The van der Waals surface area contributed by atoms with E-state index in [1.165, 1.54) is 18.4 Å². The minimum atomic E-state index is -1.56. The molecule has 1 aromatic rings. The largest absolute Gasteiger partial charge is 0.502 e. The van der Waals surface area contributed by atoms with Gasteiger partial charge in [-0.25, -0.2) is 4.79 Å². The third kappa shape index (κ3) is 2.19. The molecule has 0 aromatic carbocycles. The number of carbonyl (C=O) groups excluding carboxylic acids is 1. The number of rotatable bonds is 3. The number of hydrogen-bond acceptors (Lipinski definition) is 4. The molecule has 0 aliphatic carbocycles. The highest BCUT2D eigenvalue weighted by Gasteiger charge is 2.10. The third-order valence-electron chi connectivity index (χ3n) is 1.25. The first-order valence-corrected chi connectivity index (χ1v) is 3.33. The molecule has 0 bridgehead atoms. The van der Waals surface area contributed by atoms with Crippen LogP contribution in [0.1, 0.15) is 10.6 Å². The Kier molecular flexibility index (Phi) is 2.49. The van der Waals surface area contributed by atoms with Crippen LogP contribution in [0.2, 0.25) is 0 Å². The number of aliphatic hydroxyl groups excluding tert-OH is 1. The molecular formula is C8H6O5. The van der Waals surface area contributed by atoms with Crippen LogP contribution in [0.3, 0.4) is 0 Å². The second-order valence-corrected chi connectivity index (χ2v) is 2.18. The van der Waals surface area contributed by atoms with Crippen molar-refractivity contribution in [1.82, 2.24) is 0 Å². The molecule has 1 rings (SSSR count). The van der Waals surface area contributed by atoms with Gasteiger partial charge < -0.3 is 14.6 Å². The van der Waals surface area contributed by atoms with Gasteiger partial charge in [-0.3, -0.25) is 4.79 Å². The van der Waals surface area contributed by atoms with E-state index in [9.17, 15) is 9.59 Å². The molecule has 0 radical (unpaired) electrons. The van der Waals surface area contributed by atoms with Gasteiger partial charge in [-0.15, -0.1) is 0 Å². The van der Waals surface area contributed by atoms with E-state index in [-0.39, 0.29) is 5.76 Å². The van der Waals surface area contributed by atoms with Crippen LogP contribution in [0.25, 0.3) is 0 Å². The summed E-state index contributed by atoms with van der Waals surface area (Å²) in [6.07, 6.45) is 1.86. The van der Waals surface area contributed by atoms with E-state index in [4.69, 9.17) is 10.2 Å². The fraction of sp³-hybridized carbons (Fsp3) is 0. The molecule has 0 saturated carbocycles. The van der Waals surface area contributed by atoms with Crippen molar-refractivity contribution in [2.45, 2.75) is 0 Å². The Hall–Kier alpha value is -2.04. The lowest BCUT2D eigenvalue weighted by Crippen LogP contribution is -2.03. The predicted molar refractivity (Wildman–Crippen MR) is 41.4 cm³/mol. The fourth-order valence-corrected chi connectivity index (χ4v) is 0.676. The molecule has 1 heterocycles. The van der Waals surface area contributed by atoms with Crippen LogP contribution in [0.5, 0.6) is 0 Å². The molecule has 0 spiro atoms. The van der Waals surface area contributed by atoms with Gasteiger partial charge in [-0.05, 0) is 12.1 Å². The van der Waals surface area contributed by atoms with Gasteiger partial charge in [0, 0.05) is 6.08 Å². The van der Waals surface area contributed by atoms with E-state index in [0.717, 1.165) is 0 Å². The number of furan rings is 1. The zero-order valence-electron chi connectivity index (χ0n) is 6.43. The lowest BCUT2D eigenvalue weighted by molar-refractivity contribution is -0.135. The van der Waals surface area contributed by atoms with Gasteiger partial charge in [0.15, 0.2) is 5.76 Å². The van der Waals surface area contributed by atoms with Crippen molar-refractivity contribution in [3.05, 3.63) is 36.0 Å². The van der Waals surface area contributed by atoms with Gasteiger partial charge in [0.05, 0.1) is 6.26 Å². The molecule has 2 N–H and O–H groups in total. The summed E-state index contributed by atoms with van der Waals surface area (Å²) in [6.45, 7) is 0. The van der Waals surface area contributed by atoms with Crippen LogP contribution < -0.4 is 0 Å². The Labute approximate surface area is 72.9 Å². The summed E-state index contributed by atoms with van der Waals surface area (Å²) >= 11 is 0. The Balaban J connectivity index is 2.82. The van der Waals surface area contributed by atoms with Crippen molar-refractivity contribution in [2.75, 3.05) is 0 Å². The van der Waals surface area contributed by atoms with Crippen LogP contribution in [0, 0.1) is 0 Å². The SMILES string of the molecule is O=C(O)/C(O)=C/C(=O)c1ccco1. The zero-order chi connectivity index (χ0) is 9.84. The van der Waals surface area contributed by atoms with Crippen molar-refractivity contribution in [3.63, 3.8) is 0 Å². The highest BCUT2D eigenvalue weighted by atomic mass is 16.4. The number of carbonyl (C=O) groups is 2. The number of aliphatic hydroxyl groups is 1. The van der Waals surface area contributed by atoms with Crippen LogP contribution >= 0.6 is 0 Å². The van der Waals surface area contributed by atoms with Crippen molar-refractivity contribution in [3.8, 4) is 0 Å². The van der Waals surface area contributed by atoms with Gasteiger partial charge >= 0.3 is 5.97 Å². The number of hydrogen-bond donors (Lipinski definition) is 2. The van der Waals surface area contributed by atoms with E-state index >= 15 is 0 Å². The average Bonchev–Trinajstić information content (AvgIpc) is 2.55. The molecule has 0 atom stereocenters. The van der Waals surface area contributed by atoms with Gasteiger partial charge in [-0.2, -0.15) is 0 Å². The van der Waals surface area contributed by atoms with E-state index in [2.05, 4.69) is 4.42 Å². The Morgan fingerprint density at radius 1 is 1.38 bits per heavy atom. The van der Waals surface area contributed by atoms with Crippen LogP contribution in [0.4, 0.5) is 0 Å². The topological polar surface area (TPSA) is 87.7 Å². The molecule has 13 heavy (non-hydrogen) atoms. The normalized spacial score (nSPS) is 11.2. The standard InChI is InChI=1S/C8H6O5/c9-5(4-6(10)8(11)12)7-2-1-3-13-7/h1-4,10H,(H,11,12)/b6-4-. The molecule has 0 fully saturated rings. The number of carboxylic acids is 1. The second-order valence-electron chi connectivity index (χ2n) is 2.18. The predicted octanol–water partition coefficient (Wildman–Crippen LogP) is 0.989. The van der Waals surface area contributed by atoms with Crippen molar-refractivity contribution >= 4 is 11.8 Å². The molecule has 68 valence electrons. The van der Waals surface area contributed by atoms with Gasteiger partial charge in [-0.1, -0.05) is 0 Å². The summed E-state index contributed by atoms with van der Waals surface area (Å²) in [6, 6.07) is 2.85. The number of aliphatic carboxylic acids is 1. The van der Waals surface area contributed by atoms with Gasteiger partial charge in [0.1, 0.15) is 0 Å². The quantitative estimate of drug-likeness (QED) is 0.413. The van der Waals surface area contributed by atoms with Crippen LogP contribution in [0.15, 0.2) is 34.6 Å². The average molecular weight is 182 g/mol. The molecule has 0 saturated heterocycles. The minimum absolute atomic E-state index is 0.0206. The summed E-state index contributed by atoms with van der Waals surface area (Å²) in [4.78, 5) is 21.1. The Bertz CT molecular complexity index is 347. The minimum Gasteiger partial charge on any atom is -0.502 e. The number of allylic oxidation sites excluding steroid dienone is 1. The molecule has 1 aromatic heterocycles. The third-order valence-corrected chi connectivity index (χ3v) is 1.25. The molecule has 5 heteroatoms. The lowest BCUT2D eigenvalue weighted by Gasteiger charge is -1.90. The lowest BCUT2D eigenvalue weighted by atomic mass is 10.2. The first-order chi connectivity index (χ1) is 6.11. The number of ketones is 1. The molecule has 0 aliphatic rings. The molecule has 0 aliphatic heterocycles. The molecule has 5 nitrogen and oxygen atoms in total. The summed E-state index contributed by atoms with van der Waals surface area (Å²) in [7, 11) is 0. The zero-order valence-corrected chi connectivity index (χ0v) is 6.43. The maximum Gasteiger partial charge on any atom is 0.371 e. The number of carboxylic acid groups (broad SMARTS) is 1. The maximum atomic E-state index is 11.0. The first kappa shape index (κ1) is 9.05. The summed E-state index contributed by atoms with van der Waals surface area (Å²) in [5, 5.41) is 16.9. The first-order valence-electron chi connectivity index (χ1n) is 3.33. The Morgan fingerprint density at radius 2 is 2.08 bits per heavy atom. The van der Waals surface area contributed by atoms with Crippen molar-refractivity contribution in [1.29, 1.82) is 0 Å². The molecule has 0 amide bonds. The summed E-state index contributed by atoms with van der Waals surface area (Å²) in [5.41, 5.74) is 0. The highest BCUT2D eigenvalue weighted by molar-refractivity contribution is 6.05. The van der Waals surface area contributed by atoms with Gasteiger partial charge in [0.2, 0.25) is 11.5 Å². The summed E-state index contributed by atoms with van der Waals surface area (Å²) in [5.74, 6) is -3.28. The Morgan fingerprint density at radius 3 is 2.54 bits per heavy atom. The van der Waals surface area contributed by atoms with E-state index in [1.54, 1.807) is 0 Å². The van der Waals surface area contributed by atoms with Crippen molar-refractivity contribution < 1.29 is 24.2 Å². The monoisotopic (exact) mass is 182 g/mol. The van der Waals surface area contributed by atoms with Crippen LogP contribution in [-0.4, -0.2) is 22.0 Å².